The van der Waals surface area contributed by atoms with Crippen molar-refractivity contribution < 1.29 is 14.6 Å². The van der Waals surface area contributed by atoms with Gasteiger partial charge in [-0.1, -0.05) is 25.6 Å². The Balaban J connectivity index is 1.35. The quantitative estimate of drug-likeness (QED) is 0.492. The lowest BCUT2D eigenvalue weighted by Gasteiger charge is -2.30. The van der Waals surface area contributed by atoms with E-state index in [0.717, 1.165) is 18.0 Å². The molecule has 0 aromatic carbocycles. The van der Waals surface area contributed by atoms with Gasteiger partial charge < -0.3 is 19.7 Å². The first kappa shape index (κ1) is 21.4. The largest absolute Gasteiger partial charge is 0.493 e. The molecule has 1 fully saturated rings. The van der Waals surface area contributed by atoms with Gasteiger partial charge in [-0.2, -0.15) is 5.10 Å². The fourth-order valence-electron chi connectivity index (χ4n) is 3.35. The van der Waals surface area contributed by atoms with E-state index < -0.39 is 6.09 Å². The molecule has 164 valence electrons. The Morgan fingerprint density at radius 2 is 2.10 bits per heavy atom. The second-order valence-corrected chi connectivity index (χ2v) is 9.15. The standard InChI is InChI=1S/C19H23N7O3S2/c1-11(2)15-16(27)26(18(30)23-15)14-4-3-12(9-20-14)29-19(28)25-7-5-13(6-8-25)31-17-21-10-22-24-17/h3-4,9-11,13,27H,5-8H2,1-2H3,(H,23,30)(H,21,22,24). The number of nitrogens with zero attached hydrogens (tertiary/aromatic N) is 5. The van der Waals surface area contributed by atoms with Gasteiger partial charge in [0.2, 0.25) is 5.88 Å². The number of aromatic hydroxyl groups is 1. The molecule has 1 aliphatic rings. The number of nitrogens with one attached hydrogen (secondary N) is 2. The fourth-order valence-corrected chi connectivity index (χ4v) is 4.62. The maximum atomic E-state index is 12.5. The van der Waals surface area contributed by atoms with E-state index in [0.29, 0.717) is 40.4 Å². The van der Waals surface area contributed by atoms with Crippen LogP contribution in [0.15, 0.2) is 29.8 Å². The van der Waals surface area contributed by atoms with Gasteiger partial charge in [-0.05, 0) is 43.1 Å². The predicted molar refractivity (Wildman–Crippen MR) is 117 cm³/mol. The molecule has 31 heavy (non-hydrogen) atoms. The van der Waals surface area contributed by atoms with Gasteiger partial charge in [0.25, 0.3) is 0 Å². The molecule has 0 unspecified atom stereocenters. The minimum atomic E-state index is -0.402. The number of rotatable bonds is 5. The summed E-state index contributed by atoms with van der Waals surface area (Å²) < 4.78 is 7.28. The van der Waals surface area contributed by atoms with E-state index in [1.54, 1.807) is 28.8 Å². The van der Waals surface area contributed by atoms with E-state index in [-0.39, 0.29) is 11.8 Å². The third-order valence-electron chi connectivity index (χ3n) is 5.00. The van der Waals surface area contributed by atoms with Crippen molar-refractivity contribution >= 4 is 30.1 Å². The molecule has 1 amide bonds. The van der Waals surface area contributed by atoms with Gasteiger partial charge in [-0.15, -0.1) is 0 Å². The van der Waals surface area contributed by atoms with Crippen molar-refractivity contribution in [3.05, 3.63) is 35.1 Å². The van der Waals surface area contributed by atoms with Crippen LogP contribution in [0.5, 0.6) is 11.6 Å². The third kappa shape index (κ3) is 4.74. The second-order valence-electron chi connectivity index (χ2n) is 7.47. The van der Waals surface area contributed by atoms with Crippen LogP contribution in [0.4, 0.5) is 4.79 Å². The van der Waals surface area contributed by atoms with Gasteiger partial charge in [-0.3, -0.25) is 5.10 Å². The molecule has 4 rings (SSSR count). The lowest BCUT2D eigenvalue weighted by Crippen LogP contribution is -2.40. The number of hydrogen-bond acceptors (Lipinski definition) is 8. The van der Waals surface area contributed by atoms with Gasteiger partial charge in [0.05, 0.1) is 11.9 Å². The number of H-pyrrole nitrogens is 2. The Bertz CT molecular complexity index is 1080. The number of carbonyl (C=O) groups is 1. The highest BCUT2D eigenvalue weighted by atomic mass is 32.2. The van der Waals surface area contributed by atoms with Crippen molar-refractivity contribution in [3.8, 4) is 17.4 Å². The highest BCUT2D eigenvalue weighted by molar-refractivity contribution is 7.99. The van der Waals surface area contributed by atoms with Crippen molar-refractivity contribution in [2.75, 3.05) is 13.1 Å². The first-order valence-electron chi connectivity index (χ1n) is 9.91. The average molecular weight is 462 g/mol. The van der Waals surface area contributed by atoms with Crippen molar-refractivity contribution in [1.82, 2.24) is 34.6 Å². The monoisotopic (exact) mass is 461 g/mol. The van der Waals surface area contributed by atoms with Gasteiger partial charge in [0.1, 0.15) is 12.1 Å². The van der Waals surface area contributed by atoms with Crippen molar-refractivity contribution in [1.29, 1.82) is 0 Å². The zero-order chi connectivity index (χ0) is 22.0. The number of aromatic nitrogens is 6. The molecule has 0 atom stereocenters. The topological polar surface area (TPSA) is 125 Å². The number of ether oxygens (including phenoxy) is 1. The molecule has 0 aliphatic carbocycles. The maximum absolute atomic E-state index is 12.5. The van der Waals surface area contributed by atoms with Crippen molar-refractivity contribution in [2.45, 2.75) is 43.0 Å². The van der Waals surface area contributed by atoms with Crippen LogP contribution in [0.25, 0.3) is 5.82 Å². The zero-order valence-electron chi connectivity index (χ0n) is 17.1. The highest BCUT2D eigenvalue weighted by Gasteiger charge is 2.25. The van der Waals surface area contributed by atoms with E-state index >= 15 is 0 Å². The molecule has 0 saturated carbocycles. The van der Waals surface area contributed by atoms with Crippen LogP contribution in [-0.4, -0.2) is 64.2 Å². The SMILES string of the molecule is CC(C)c1[nH]c(=S)n(-c2ccc(OC(=O)N3CCC(Sc4ncn[nH]4)CC3)cn2)c1O. The number of aromatic amines is 2. The third-order valence-corrected chi connectivity index (χ3v) is 6.51. The minimum Gasteiger partial charge on any atom is -0.493 e. The summed E-state index contributed by atoms with van der Waals surface area (Å²) in [6.45, 7) is 5.13. The number of piperidine rings is 1. The number of hydrogen-bond donors (Lipinski definition) is 3. The van der Waals surface area contributed by atoms with Gasteiger partial charge in [-0.25, -0.2) is 19.3 Å². The molecular weight excluding hydrogens is 438 g/mol. The predicted octanol–water partition coefficient (Wildman–Crippen LogP) is 3.63. The first-order chi connectivity index (χ1) is 14.9. The summed E-state index contributed by atoms with van der Waals surface area (Å²) >= 11 is 6.94. The number of imidazole rings is 1. The van der Waals surface area contributed by atoms with E-state index in [4.69, 9.17) is 17.0 Å². The molecule has 3 aromatic rings. The first-order valence-corrected chi connectivity index (χ1v) is 11.2. The molecule has 0 bridgehead atoms. The fraction of sp³-hybridized carbons (Fsp3) is 0.421. The van der Waals surface area contributed by atoms with Crippen LogP contribution < -0.4 is 4.74 Å². The summed E-state index contributed by atoms with van der Waals surface area (Å²) in [4.78, 5) is 25.6. The van der Waals surface area contributed by atoms with Crippen LogP contribution in [0.3, 0.4) is 0 Å². The zero-order valence-corrected chi connectivity index (χ0v) is 18.7. The summed E-state index contributed by atoms with van der Waals surface area (Å²) in [5, 5.41) is 18.3. The molecule has 1 aliphatic heterocycles. The van der Waals surface area contributed by atoms with Crippen LogP contribution in [0, 0.1) is 4.77 Å². The Hall–Kier alpha value is -2.86. The number of thioether (sulfide) groups is 1. The second kappa shape index (κ2) is 9.10. The number of amides is 1. The van der Waals surface area contributed by atoms with Crippen molar-refractivity contribution in [3.63, 3.8) is 0 Å². The van der Waals surface area contributed by atoms with E-state index in [1.807, 2.05) is 13.8 Å². The minimum absolute atomic E-state index is 0.0308. The molecule has 1 saturated heterocycles. The summed E-state index contributed by atoms with van der Waals surface area (Å²) in [6, 6.07) is 3.28. The summed E-state index contributed by atoms with van der Waals surface area (Å²) in [5.41, 5.74) is 0.646. The van der Waals surface area contributed by atoms with E-state index in [2.05, 4.69) is 25.1 Å². The molecule has 3 aromatic heterocycles. The Morgan fingerprint density at radius 3 is 2.68 bits per heavy atom. The summed E-state index contributed by atoms with van der Waals surface area (Å²) in [6.07, 6.45) is 4.23. The molecule has 12 heteroatoms. The Morgan fingerprint density at radius 1 is 1.32 bits per heavy atom. The Kier molecular flexibility index (Phi) is 6.28. The summed E-state index contributed by atoms with van der Waals surface area (Å²) in [7, 11) is 0. The molecule has 10 nitrogen and oxygen atoms in total. The van der Waals surface area contributed by atoms with Crippen LogP contribution >= 0.6 is 24.0 Å². The average Bonchev–Trinajstić information content (AvgIpc) is 3.37. The highest BCUT2D eigenvalue weighted by Crippen LogP contribution is 2.29. The van der Waals surface area contributed by atoms with Crippen LogP contribution in [0.2, 0.25) is 0 Å². The smallest absolute Gasteiger partial charge is 0.415 e. The number of pyridine rings is 1. The lowest BCUT2D eigenvalue weighted by molar-refractivity contribution is 0.143. The van der Waals surface area contributed by atoms with E-state index in [1.165, 1.54) is 17.1 Å². The Labute approximate surface area is 188 Å². The molecule has 0 spiro atoms. The van der Waals surface area contributed by atoms with Crippen LogP contribution in [0.1, 0.15) is 38.3 Å². The molecule has 3 N–H and O–H groups in total. The van der Waals surface area contributed by atoms with Gasteiger partial charge >= 0.3 is 6.09 Å². The van der Waals surface area contributed by atoms with Gasteiger partial charge in [0.15, 0.2) is 15.7 Å². The lowest BCUT2D eigenvalue weighted by atomic mass is 10.1. The molecule has 4 heterocycles. The van der Waals surface area contributed by atoms with E-state index in [9.17, 15) is 9.90 Å². The number of likely N-dealkylation sites (tertiary alicyclic amines) is 1. The number of carbonyl (C=O) groups excluding carboxylic acids is 1. The normalized spacial score (nSPS) is 14.9. The van der Waals surface area contributed by atoms with Crippen LogP contribution in [-0.2, 0) is 0 Å². The molecular formula is C19H23N7O3S2. The van der Waals surface area contributed by atoms with Crippen molar-refractivity contribution in [2.24, 2.45) is 0 Å². The maximum Gasteiger partial charge on any atom is 0.415 e. The van der Waals surface area contributed by atoms with Gasteiger partial charge in [0, 0.05) is 18.3 Å². The summed E-state index contributed by atoms with van der Waals surface area (Å²) in [5.74, 6) is 0.887. The molecule has 0 radical (unpaired) electrons.